The molecule has 0 aliphatic rings. The zero-order chi connectivity index (χ0) is 20.1. The number of ether oxygens (including phenoxy) is 1. The van der Waals surface area contributed by atoms with Crippen LogP contribution in [0.5, 0.6) is 5.75 Å². The van der Waals surface area contributed by atoms with Gasteiger partial charge < -0.3 is 4.74 Å². The van der Waals surface area contributed by atoms with Crippen LogP contribution in [0.1, 0.15) is 20.3 Å². The number of benzene rings is 2. The summed E-state index contributed by atoms with van der Waals surface area (Å²) in [4.78, 5) is 25.0. The zero-order valence-corrected chi connectivity index (χ0v) is 16.1. The van der Waals surface area contributed by atoms with Gasteiger partial charge in [0.25, 0.3) is 11.5 Å². The molecule has 0 aliphatic heterocycles. The van der Waals surface area contributed by atoms with Crippen LogP contribution in [-0.4, -0.2) is 28.5 Å². The van der Waals surface area contributed by atoms with Crippen molar-refractivity contribution in [2.75, 3.05) is 7.11 Å². The number of hydrazone groups is 1. The molecule has 0 unspecified atom stereocenters. The Morgan fingerprint density at radius 1 is 1.14 bits per heavy atom. The number of hydrogen-bond acceptors (Lipinski definition) is 5. The van der Waals surface area contributed by atoms with E-state index in [0.29, 0.717) is 11.1 Å². The van der Waals surface area contributed by atoms with Gasteiger partial charge in [0.15, 0.2) is 0 Å². The average molecular weight is 378 g/mol. The van der Waals surface area contributed by atoms with Crippen LogP contribution < -0.4 is 15.7 Å². The fourth-order valence-corrected chi connectivity index (χ4v) is 2.71. The minimum Gasteiger partial charge on any atom is -0.497 e. The van der Waals surface area contributed by atoms with Gasteiger partial charge in [0.1, 0.15) is 12.3 Å². The van der Waals surface area contributed by atoms with Crippen LogP contribution >= 0.6 is 0 Å². The Morgan fingerprint density at radius 2 is 1.82 bits per heavy atom. The minimum absolute atomic E-state index is 0.215. The molecule has 7 heteroatoms. The van der Waals surface area contributed by atoms with Gasteiger partial charge in [-0.15, -0.1) is 0 Å². The van der Waals surface area contributed by atoms with Gasteiger partial charge >= 0.3 is 0 Å². The lowest BCUT2D eigenvalue weighted by Crippen LogP contribution is -2.32. The largest absolute Gasteiger partial charge is 0.497 e. The maximum atomic E-state index is 12.8. The number of aromatic nitrogens is 2. The molecule has 0 aliphatic carbocycles. The third kappa shape index (κ3) is 4.09. The van der Waals surface area contributed by atoms with E-state index in [1.54, 1.807) is 19.2 Å². The molecule has 0 radical (unpaired) electrons. The summed E-state index contributed by atoms with van der Waals surface area (Å²) in [7, 11) is 1.60. The lowest BCUT2D eigenvalue weighted by atomic mass is 10.0. The lowest BCUT2D eigenvalue weighted by Gasteiger charge is -2.11. The smallest absolute Gasteiger partial charge is 0.275 e. The fraction of sp³-hybridized carbons (Fsp3) is 0.238. The highest BCUT2D eigenvalue weighted by atomic mass is 16.5. The second-order valence-electron chi connectivity index (χ2n) is 6.32. The molecular formula is C21H22N4O3. The van der Waals surface area contributed by atoms with Crippen molar-refractivity contribution in [1.82, 2.24) is 15.2 Å². The van der Waals surface area contributed by atoms with Crippen molar-refractivity contribution in [1.29, 1.82) is 0 Å². The Balaban J connectivity index is 2.05. The SMILES string of the molecule is CC/C(C)=N\NC(=O)Cn1nc(-c2ccc(OC)cc2)c2ccccc2c1=O. The average Bonchev–Trinajstić information content (AvgIpc) is 2.74. The van der Waals surface area contributed by atoms with E-state index in [2.05, 4.69) is 15.6 Å². The molecule has 1 N–H and O–H groups in total. The number of methoxy groups -OCH3 is 1. The zero-order valence-electron chi connectivity index (χ0n) is 16.1. The molecule has 2 aromatic carbocycles. The first kappa shape index (κ1) is 19.3. The Labute approximate surface area is 162 Å². The molecule has 0 spiro atoms. The number of carbonyl (C=O) groups excluding carboxylic acids is 1. The number of amides is 1. The van der Waals surface area contributed by atoms with E-state index in [9.17, 15) is 9.59 Å². The van der Waals surface area contributed by atoms with Crippen LogP contribution in [-0.2, 0) is 11.3 Å². The molecule has 1 amide bonds. The Kier molecular flexibility index (Phi) is 5.84. The predicted molar refractivity (Wildman–Crippen MR) is 110 cm³/mol. The highest BCUT2D eigenvalue weighted by Crippen LogP contribution is 2.26. The molecule has 7 nitrogen and oxygen atoms in total. The van der Waals surface area contributed by atoms with Crippen molar-refractivity contribution in [2.24, 2.45) is 5.10 Å². The van der Waals surface area contributed by atoms with Gasteiger partial charge in [0.05, 0.1) is 18.2 Å². The van der Waals surface area contributed by atoms with Gasteiger partial charge in [-0.25, -0.2) is 10.1 Å². The maximum Gasteiger partial charge on any atom is 0.275 e. The first-order chi connectivity index (χ1) is 13.5. The number of rotatable bonds is 6. The van der Waals surface area contributed by atoms with Crippen molar-refractivity contribution in [2.45, 2.75) is 26.8 Å². The van der Waals surface area contributed by atoms with Crippen LogP contribution in [0.2, 0.25) is 0 Å². The maximum absolute atomic E-state index is 12.8. The molecule has 1 heterocycles. The number of nitrogens with one attached hydrogen (secondary N) is 1. The van der Waals surface area contributed by atoms with E-state index in [1.807, 2.05) is 50.2 Å². The van der Waals surface area contributed by atoms with Crippen LogP contribution in [0.25, 0.3) is 22.0 Å². The molecule has 0 bridgehead atoms. The first-order valence-electron chi connectivity index (χ1n) is 8.99. The van der Waals surface area contributed by atoms with Crippen molar-refractivity contribution in [3.8, 4) is 17.0 Å². The van der Waals surface area contributed by atoms with E-state index < -0.39 is 5.91 Å². The molecule has 1 aromatic heterocycles. The molecule has 3 aromatic rings. The molecule has 0 saturated carbocycles. The van der Waals surface area contributed by atoms with E-state index >= 15 is 0 Å². The number of carbonyl (C=O) groups is 1. The van der Waals surface area contributed by atoms with Crippen molar-refractivity contribution in [3.63, 3.8) is 0 Å². The summed E-state index contributed by atoms with van der Waals surface area (Å²) in [5.41, 5.74) is 4.39. The fourth-order valence-electron chi connectivity index (χ4n) is 2.71. The molecule has 28 heavy (non-hydrogen) atoms. The number of nitrogens with zero attached hydrogens (tertiary/aromatic N) is 3. The van der Waals surface area contributed by atoms with E-state index in [-0.39, 0.29) is 12.1 Å². The summed E-state index contributed by atoms with van der Waals surface area (Å²) in [6, 6.07) is 14.6. The molecule has 0 fully saturated rings. The Hall–Kier alpha value is -3.48. The summed E-state index contributed by atoms with van der Waals surface area (Å²) in [6.07, 6.45) is 0.732. The van der Waals surface area contributed by atoms with Crippen molar-refractivity contribution in [3.05, 3.63) is 58.9 Å². The number of fused-ring (bicyclic) bond motifs is 1. The van der Waals surface area contributed by atoms with E-state index in [1.165, 1.54) is 4.68 Å². The third-order valence-electron chi connectivity index (χ3n) is 4.41. The van der Waals surface area contributed by atoms with Gasteiger partial charge in [-0.2, -0.15) is 10.2 Å². The van der Waals surface area contributed by atoms with Crippen LogP contribution in [0.3, 0.4) is 0 Å². The Bertz CT molecular complexity index is 1080. The second-order valence-corrected chi connectivity index (χ2v) is 6.32. The summed E-state index contributed by atoms with van der Waals surface area (Å²) < 4.78 is 6.38. The second kappa shape index (κ2) is 8.47. The van der Waals surface area contributed by atoms with Gasteiger partial charge in [0, 0.05) is 16.7 Å². The van der Waals surface area contributed by atoms with Crippen LogP contribution in [0.4, 0.5) is 0 Å². The van der Waals surface area contributed by atoms with Gasteiger partial charge in [0.2, 0.25) is 0 Å². The first-order valence-corrected chi connectivity index (χ1v) is 8.99. The summed E-state index contributed by atoms with van der Waals surface area (Å²) >= 11 is 0. The van der Waals surface area contributed by atoms with Gasteiger partial charge in [-0.05, 0) is 43.7 Å². The lowest BCUT2D eigenvalue weighted by molar-refractivity contribution is -0.121. The highest BCUT2D eigenvalue weighted by molar-refractivity contribution is 5.94. The summed E-state index contributed by atoms with van der Waals surface area (Å²) in [6.45, 7) is 3.55. The molecule has 0 atom stereocenters. The molecule has 0 saturated heterocycles. The standard InChI is InChI=1S/C21H22N4O3/c1-4-14(2)22-23-19(26)13-25-21(27)18-8-6-5-7-17(18)20(24-25)15-9-11-16(28-3)12-10-15/h5-12H,4,13H2,1-3H3,(H,23,26)/b22-14-. The van der Waals surface area contributed by atoms with Crippen molar-refractivity contribution >= 4 is 22.4 Å². The molecular weight excluding hydrogens is 356 g/mol. The van der Waals surface area contributed by atoms with Crippen LogP contribution in [0.15, 0.2) is 58.4 Å². The quantitative estimate of drug-likeness (QED) is 0.528. The normalized spacial score (nSPS) is 11.5. The van der Waals surface area contributed by atoms with Crippen molar-refractivity contribution < 1.29 is 9.53 Å². The van der Waals surface area contributed by atoms with E-state index in [4.69, 9.17) is 4.74 Å². The monoisotopic (exact) mass is 378 g/mol. The molecule has 3 rings (SSSR count). The third-order valence-corrected chi connectivity index (χ3v) is 4.41. The topological polar surface area (TPSA) is 85.6 Å². The molecule has 144 valence electrons. The highest BCUT2D eigenvalue weighted by Gasteiger charge is 2.14. The Morgan fingerprint density at radius 3 is 2.46 bits per heavy atom. The minimum atomic E-state index is -0.404. The van der Waals surface area contributed by atoms with Gasteiger partial charge in [-0.3, -0.25) is 9.59 Å². The number of hydrogen-bond donors (Lipinski definition) is 1. The van der Waals surface area contributed by atoms with Gasteiger partial charge in [-0.1, -0.05) is 25.1 Å². The van der Waals surface area contributed by atoms with E-state index in [0.717, 1.165) is 28.8 Å². The summed E-state index contributed by atoms with van der Waals surface area (Å²) in [5.74, 6) is 0.322. The summed E-state index contributed by atoms with van der Waals surface area (Å²) in [5, 5.41) is 9.69. The van der Waals surface area contributed by atoms with Crippen LogP contribution in [0, 0.1) is 0 Å². The predicted octanol–water partition coefficient (Wildman–Crippen LogP) is 2.97.